The van der Waals surface area contributed by atoms with Crippen LogP contribution in [0.15, 0.2) is 53.7 Å². The Hall–Kier alpha value is -1.69. The SMILES string of the molecule is Nn1c(SCc2ccccc2Cl)nnc1-c1ccccc1Cl. The quantitative estimate of drug-likeness (QED) is 0.564. The fourth-order valence-electron chi connectivity index (χ4n) is 1.96. The molecule has 0 amide bonds. The van der Waals surface area contributed by atoms with E-state index in [4.69, 9.17) is 29.0 Å². The van der Waals surface area contributed by atoms with Crippen LogP contribution in [0.25, 0.3) is 11.4 Å². The van der Waals surface area contributed by atoms with Crippen LogP contribution in [-0.2, 0) is 5.75 Å². The first-order valence-electron chi connectivity index (χ1n) is 6.48. The summed E-state index contributed by atoms with van der Waals surface area (Å²) in [6, 6.07) is 15.1. The lowest BCUT2D eigenvalue weighted by Gasteiger charge is -2.06. The smallest absolute Gasteiger partial charge is 0.210 e. The van der Waals surface area contributed by atoms with Gasteiger partial charge >= 0.3 is 0 Å². The summed E-state index contributed by atoms with van der Waals surface area (Å²) in [5.74, 6) is 7.28. The van der Waals surface area contributed by atoms with Crippen LogP contribution in [0, 0.1) is 0 Å². The lowest BCUT2D eigenvalue weighted by atomic mass is 10.2. The third-order valence-corrected chi connectivity index (χ3v) is 4.78. The Morgan fingerprint density at radius 1 is 0.955 bits per heavy atom. The van der Waals surface area contributed by atoms with Crippen LogP contribution >= 0.6 is 35.0 Å². The molecule has 1 heterocycles. The molecule has 22 heavy (non-hydrogen) atoms. The molecule has 0 bridgehead atoms. The first-order chi connectivity index (χ1) is 10.7. The molecule has 2 aromatic carbocycles. The van der Waals surface area contributed by atoms with Crippen molar-refractivity contribution in [2.75, 3.05) is 5.84 Å². The summed E-state index contributed by atoms with van der Waals surface area (Å²) in [4.78, 5) is 0. The Labute approximate surface area is 142 Å². The normalized spacial score (nSPS) is 10.8. The molecule has 0 unspecified atom stereocenters. The molecule has 0 radical (unpaired) electrons. The highest BCUT2D eigenvalue weighted by Gasteiger charge is 2.14. The number of rotatable bonds is 4. The van der Waals surface area contributed by atoms with Crippen molar-refractivity contribution in [1.29, 1.82) is 0 Å². The molecule has 0 saturated heterocycles. The number of hydrogen-bond acceptors (Lipinski definition) is 4. The van der Waals surface area contributed by atoms with Gasteiger partial charge in [0.05, 0.1) is 5.02 Å². The van der Waals surface area contributed by atoms with E-state index in [1.807, 2.05) is 42.5 Å². The molecule has 0 aliphatic carbocycles. The Balaban J connectivity index is 1.83. The maximum absolute atomic E-state index is 6.17. The Morgan fingerprint density at radius 2 is 1.64 bits per heavy atom. The number of aromatic nitrogens is 3. The van der Waals surface area contributed by atoms with Crippen molar-refractivity contribution in [3.63, 3.8) is 0 Å². The molecule has 4 nitrogen and oxygen atoms in total. The molecule has 3 aromatic rings. The van der Waals surface area contributed by atoms with Gasteiger partial charge < -0.3 is 5.84 Å². The van der Waals surface area contributed by atoms with Crippen molar-refractivity contribution >= 4 is 35.0 Å². The first kappa shape index (κ1) is 15.2. The molecule has 0 spiro atoms. The molecule has 3 rings (SSSR count). The van der Waals surface area contributed by atoms with Crippen LogP contribution < -0.4 is 5.84 Å². The third kappa shape index (κ3) is 3.06. The minimum Gasteiger partial charge on any atom is -0.335 e. The molecule has 0 aliphatic heterocycles. The van der Waals surface area contributed by atoms with Crippen LogP contribution in [0.1, 0.15) is 5.56 Å². The second-order valence-electron chi connectivity index (χ2n) is 4.54. The number of halogens is 2. The standard InChI is InChI=1S/C15H12Cl2N4S/c16-12-7-3-1-5-10(12)9-22-15-20-19-14(21(15)18)11-6-2-4-8-13(11)17/h1-8H,9,18H2. The summed E-state index contributed by atoms with van der Waals surface area (Å²) in [5.41, 5.74) is 1.78. The molecule has 112 valence electrons. The van der Waals surface area contributed by atoms with Crippen molar-refractivity contribution in [2.24, 2.45) is 0 Å². The van der Waals surface area contributed by atoms with Gasteiger partial charge in [-0.2, -0.15) is 0 Å². The van der Waals surface area contributed by atoms with Crippen molar-refractivity contribution < 1.29 is 0 Å². The third-order valence-electron chi connectivity index (χ3n) is 3.09. The Kier molecular flexibility index (Phi) is 4.57. The van der Waals surface area contributed by atoms with Crippen molar-refractivity contribution in [3.8, 4) is 11.4 Å². The molecule has 0 fully saturated rings. The number of benzene rings is 2. The van der Waals surface area contributed by atoms with Gasteiger partial charge in [-0.15, -0.1) is 10.2 Å². The van der Waals surface area contributed by atoms with Crippen molar-refractivity contribution in [2.45, 2.75) is 10.9 Å². The number of thioether (sulfide) groups is 1. The zero-order valence-electron chi connectivity index (χ0n) is 11.4. The van der Waals surface area contributed by atoms with E-state index in [0.29, 0.717) is 21.8 Å². The lowest BCUT2D eigenvalue weighted by molar-refractivity contribution is 0.849. The van der Waals surface area contributed by atoms with Gasteiger partial charge in [0.2, 0.25) is 5.16 Å². The molecular weight excluding hydrogens is 339 g/mol. The lowest BCUT2D eigenvalue weighted by Crippen LogP contribution is -2.11. The van der Waals surface area contributed by atoms with Crippen LogP contribution in [0.5, 0.6) is 0 Å². The highest BCUT2D eigenvalue weighted by atomic mass is 35.5. The maximum Gasteiger partial charge on any atom is 0.210 e. The predicted molar refractivity (Wildman–Crippen MR) is 91.6 cm³/mol. The van der Waals surface area contributed by atoms with E-state index < -0.39 is 0 Å². The number of nitrogens with two attached hydrogens (primary N) is 1. The second kappa shape index (κ2) is 6.60. The van der Waals surface area contributed by atoms with Gasteiger partial charge in [-0.25, -0.2) is 4.68 Å². The predicted octanol–water partition coefficient (Wildman–Crippen LogP) is 4.26. The highest BCUT2D eigenvalue weighted by Crippen LogP contribution is 2.29. The minimum atomic E-state index is 0.534. The summed E-state index contributed by atoms with van der Waals surface area (Å²) >= 11 is 13.8. The van der Waals surface area contributed by atoms with E-state index in [-0.39, 0.29) is 0 Å². The van der Waals surface area contributed by atoms with Gasteiger partial charge in [0.25, 0.3) is 0 Å². The number of hydrogen-bond donors (Lipinski definition) is 1. The first-order valence-corrected chi connectivity index (χ1v) is 8.22. The van der Waals surface area contributed by atoms with Crippen LogP contribution in [0.3, 0.4) is 0 Å². The average Bonchev–Trinajstić information content (AvgIpc) is 2.88. The van der Waals surface area contributed by atoms with Crippen LogP contribution in [0.4, 0.5) is 0 Å². The molecule has 7 heteroatoms. The molecular formula is C15H12Cl2N4S. The topological polar surface area (TPSA) is 56.7 Å². The number of nitrogen functional groups attached to an aromatic ring is 1. The summed E-state index contributed by atoms with van der Waals surface area (Å²) < 4.78 is 1.45. The molecule has 0 aliphatic rings. The van der Waals surface area contributed by atoms with Gasteiger partial charge in [-0.05, 0) is 23.8 Å². The minimum absolute atomic E-state index is 0.534. The van der Waals surface area contributed by atoms with Gasteiger partial charge in [-0.3, -0.25) is 0 Å². The summed E-state index contributed by atoms with van der Waals surface area (Å²) in [5, 5.41) is 10.2. The Morgan fingerprint density at radius 3 is 2.36 bits per heavy atom. The molecule has 0 atom stereocenters. The average molecular weight is 351 g/mol. The van der Waals surface area contributed by atoms with E-state index in [2.05, 4.69) is 10.2 Å². The van der Waals surface area contributed by atoms with Crippen LogP contribution in [-0.4, -0.2) is 14.9 Å². The van der Waals surface area contributed by atoms with E-state index in [0.717, 1.165) is 16.1 Å². The molecule has 0 saturated carbocycles. The maximum atomic E-state index is 6.17. The van der Waals surface area contributed by atoms with Crippen molar-refractivity contribution in [1.82, 2.24) is 14.9 Å². The largest absolute Gasteiger partial charge is 0.335 e. The van der Waals surface area contributed by atoms with Gasteiger partial charge in [-0.1, -0.05) is 65.3 Å². The highest BCUT2D eigenvalue weighted by molar-refractivity contribution is 7.98. The van der Waals surface area contributed by atoms with Crippen molar-refractivity contribution in [3.05, 3.63) is 64.1 Å². The summed E-state index contributed by atoms with van der Waals surface area (Å²) in [6.45, 7) is 0. The fraction of sp³-hybridized carbons (Fsp3) is 0.0667. The Bertz CT molecular complexity index is 804. The van der Waals surface area contributed by atoms with E-state index >= 15 is 0 Å². The zero-order valence-corrected chi connectivity index (χ0v) is 13.7. The summed E-state index contributed by atoms with van der Waals surface area (Å²) in [6.07, 6.45) is 0. The monoisotopic (exact) mass is 350 g/mol. The fourth-order valence-corrected chi connectivity index (χ4v) is 3.32. The molecule has 2 N–H and O–H groups in total. The van der Waals surface area contributed by atoms with Gasteiger partial charge in [0, 0.05) is 16.3 Å². The zero-order chi connectivity index (χ0) is 15.5. The van der Waals surface area contributed by atoms with Gasteiger partial charge in [0.15, 0.2) is 5.82 Å². The van der Waals surface area contributed by atoms with Crippen LogP contribution in [0.2, 0.25) is 10.0 Å². The van der Waals surface area contributed by atoms with E-state index in [1.54, 1.807) is 6.07 Å². The molecule has 1 aromatic heterocycles. The number of nitrogens with zero attached hydrogens (tertiary/aromatic N) is 3. The van der Waals surface area contributed by atoms with E-state index in [9.17, 15) is 0 Å². The summed E-state index contributed by atoms with van der Waals surface area (Å²) in [7, 11) is 0. The van der Waals surface area contributed by atoms with Gasteiger partial charge in [0.1, 0.15) is 0 Å². The second-order valence-corrected chi connectivity index (χ2v) is 6.29. The van der Waals surface area contributed by atoms with E-state index in [1.165, 1.54) is 16.4 Å².